The first-order valence-corrected chi connectivity index (χ1v) is 20.1. The molecule has 0 aromatic heterocycles. The summed E-state index contributed by atoms with van der Waals surface area (Å²) in [6.45, 7) is 0. The van der Waals surface area contributed by atoms with Gasteiger partial charge in [-0.15, -0.1) is 0 Å². The molecule has 0 nitrogen and oxygen atoms in total. The molecule has 5 heteroatoms. The summed E-state index contributed by atoms with van der Waals surface area (Å²) in [5.41, 5.74) is 0. The van der Waals surface area contributed by atoms with Gasteiger partial charge >= 0.3 is 93.1 Å². The van der Waals surface area contributed by atoms with E-state index in [0.717, 1.165) is 0 Å². The van der Waals surface area contributed by atoms with Gasteiger partial charge in [-0.2, -0.15) is 0 Å². The van der Waals surface area contributed by atoms with Crippen LogP contribution in [0.1, 0.15) is 0 Å². The van der Waals surface area contributed by atoms with Crippen molar-refractivity contribution in [3.05, 3.63) is 0 Å². The first kappa shape index (κ1) is 29.4. The van der Waals surface area contributed by atoms with Gasteiger partial charge in [0.2, 0.25) is 0 Å². The van der Waals surface area contributed by atoms with Crippen molar-refractivity contribution < 1.29 is 0 Å². The van der Waals surface area contributed by atoms with Gasteiger partial charge < -0.3 is 0 Å². The van der Waals surface area contributed by atoms with Crippen molar-refractivity contribution in [1.82, 2.24) is 0 Å². The maximum absolute atomic E-state index is 2.30. The Bertz CT molecular complexity index is 20.5. The zero-order chi connectivity index (χ0) is 8.12. The van der Waals surface area contributed by atoms with Crippen LogP contribution < -0.4 is 0 Å². The predicted molar refractivity (Wildman–Crippen MR) is 64.0 cm³/mol. The van der Waals surface area contributed by atoms with E-state index in [1.165, 1.54) is 0 Å². The van der Waals surface area contributed by atoms with Crippen LogP contribution in [0.2, 0.25) is 29.6 Å². The topological polar surface area (TPSA) is 0 Å². The molecule has 0 saturated carbocycles. The van der Waals surface area contributed by atoms with E-state index in [0.29, 0.717) is 0 Å². The zero-order valence-corrected chi connectivity index (χ0v) is 21.5. The monoisotopic (exact) mass is 710 g/mol. The summed E-state index contributed by atoms with van der Waals surface area (Å²) in [4.78, 5) is 13.8. The molecule has 10 radical (unpaired) electrons. The molecule has 66 valence electrons. The molecule has 0 aliphatic heterocycles. The average Bonchev–Trinajstić information content (AvgIpc) is 1.70. The third-order valence-electron chi connectivity index (χ3n) is 0. The summed E-state index contributed by atoms with van der Waals surface area (Å²) in [5.74, 6) is 0. The molecule has 0 aromatic rings. The molecule has 0 rings (SSSR count). The summed E-state index contributed by atoms with van der Waals surface area (Å²) in [6, 6.07) is 0. The largest absolute Gasteiger partial charge is 0 e. The molecule has 0 amide bonds. The molecule has 0 heterocycles. The fourth-order valence-electron chi connectivity index (χ4n) is 0. The molecule has 0 fully saturated rings. The van der Waals surface area contributed by atoms with Crippen molar-refractivity contribution >= 4 is 111 Å². The molecular formula is C6H18Sn3Te2. The third kappa shape index (κ3) is 127. The van der Waals surface area contributed by atoms with E-state index >= 15 is 0 Å². The Kier molecular flexibility index (Phi) is 129. The van der Waals surface area contributed by atoms with E-state index in [-0.39, 0.29) is 111 Å². The van der Waals surface area contributed by atoms with Crippen molar-refractivity contribution in [3.8, 4) is 0 Å². The molecule has 11 heavy (non-hydrogen) atoms. The SMILES string of the molecule is [CH3][Sn][CH3].[CH3][Sn][CH3].[CH3][Sn][CH3].[Te].[Te]. The smallest absolute Gasteiger partial charge is 0 e. The van der Waals surface area contributed by atoms with Gasteiger partial charge in [-0.05, 0) is 0 Å². The molecule has 0 aliphatic rings. The Hall–Kier alpha value is 3.98. The van der Waals surface area contributed by atoms with Crippen molar-refractivity contribution in [2.24, 2.45) is 0 Å². The molecule has 0 bridgehead atoms. The van der Waals surface area contributed by atoms with Gasteiger partial charge in [-0.1, -0.05) is 0 Å². The zero-order valence-electron chi connectivity index (χ0n) is 8.32. The fraction of sp³-hybridized carbons (Fsp3) is 1.00. The van der Waals surface area contributed by atoms with Gasteiger partial charge in [0.25, 0.3) is 0 Å². The van der Waals surface area contributed by atoms with Gasteiger partial charge in [0.15, 0.2) is 0 Å². The Morgan fingerprint density at radius 1 is 0.455 bits per heavy atom. The summed E-state index contributed by atoms with van der Waals surface area (Å²) in [7, 11) is 0. The standard InChI is InChI=1S/6CH3.3Sn.2Te/h6*1H3;;;;;. The van der Waals surface area contributed by atoms with E-state index in [4.69, 9.17) is 0 Å². The van der Waals surface area contributed by atoms with E-state index in [2.05, 4.69) is 29.6 Å². The van der Waals surface area contributed by atoms with Gasteiger partial charge in [0.1, 0.15) is 0 Å². The normalized spacial score (nSPS) is 4.91. The summed E-state index contributed by atoms with van der Waals surface area (Å²) < 4.78 is 0. The second kappa shape index (κ2) is 48.4. The first-order chi connectivity index (χ1) is 4.24. The van der Waals surface area contributed by atoms with Crippen LogP contribution >= 0.6 is 0 Å². The van der Waals surface area contributed by atoms with E-state index in [1.807, 2.05) is 0 Å². The summed E-state index contributed by atoms with van der Waals surface area (Å²) in [6.07, 6.45) is 0. The molecule has 0 unspecified atom stereocenters. The first-order valence-electron chi connectivity index (χ1n) is 3.00. The van der Waals surface area contributed by atoms with Crippen molar-refractivity contribution in [3.63, 3.8) is 0 Å². The van der Waals surface area contributed by atoms with Gasteiger partial charge in [0, 0.05) is 47.3 Å². The molecule has 0 spiro atoms. The molecule has 0 atom stereocenters. The van der Waals surface area contributed by atoms with Crippen LogP contribution in [-0.2, 0) is 0 Å². The molecule has 0 aromatic carbocycles. The number of hydrogen-bond donors (Lipinski definition) is 0. The van der Waals surface area contributed by atoms with Gasteiger partial charge in [-0.3, -0.25) is 0 Å². The fourth-order valence-corrected chi connectivity index (χ4v) is 0. The minimum Gasteiger partial charge on any atom is 0 e. The Morgan fingerprint density at radius 3 is 0.455 bits per heavy atom. The predicted octanol–water partition coefficient (Wildman–Crippen LogP) is 1.60. The molecular weight excluding hydrogens is 683 g/mol. The molecule has 0 aliphatic carbocycles. The van der Waals surface area contributed by atoms with Crippen molar-refractivity contribution in [1.29, 1.82) is 0 Å². The Balaban J connectivity index is -0.0000000150. The minimum atomic E-state index is 0. The van der Waals surface area contributed by atoms with Crippen LogP contribution in [0.3, 0.4) is 0 Å². The minimum absolute atomic E-state index is 0. The molecule has 0 N–H and O–H groups in total. The van der Waals surface area contributed by atoms with Crippen molar-refractivity contribution in [2.75, 3.05) is 0 Å². The maximum Gasteiger partial charge on any atom is 0 e. The van der Waals surface area contributed by atoms with Crippen molar-refractivity contribution in [2.45, 2.75) is 29.6 Å². The van der Waals surface area contributed by atoms with E-state index in [9.17, 15) is 0 Å². The summed E-state index contributed by atoms with van der Waals surface area (Å²) in [5, 5.41) is 0. The second-order valence-corrected chi connectivity index (χ2v) is 10.1. The van der Waals surface area contributed by atoms with Gasteiger partial charge in [0.05, 0.1) is 0 Å². The average molecular weight is 702 g/mol. The molecule has 0 saturated heterocycles. The Morgan fingerprint density at radius 2 is 0.455 bits per heavy atom. The summed E-state index contributed by atoms with van der Waals surface area (Å²) >= 11 is 0.690. The van der Waals surface area contributed by atoms with Crippen LogP contribution in [0.25, 0.3) is 0 Å². The van der Waals surface area contributed by atoms with Crippen LogP contribution in [0.5, 0.6) is 0 Å². The number of rotatable bonds is 0. The van der Waals surface area contributed by atoms with Crippen LogP contribution in [0.15, 0.2) is 0 Å². The quantitative estimate of drug-likeness (QED) is 0.337. The maximum atomic E-state index is 2.30. The Labute approximate surface area is 137 Å². The third-order valence-corrected chi connectivity index (χ3v) is 0. The van der Waals surface area contributed by atoms with Gasteiger partial charge in [-0.25, -0.2) is 0 Å². The second-order valence-electron chi connectivity index (χ2n) is 1.50. The van der Waals surface area contributed by atoms with E-state index in [1.54, 1.807) is 0 Å². The van der Waals surface area contributed by atoms with Crippen LogP contribution in [0, 0.1) is 0 Å². The van der Waals surface area contributed by atoms with E-state index < -0.39 is 0 Å². The van der Waals surface area contributed by atoms with Crippen LogP contribution in [-0.4, -0.2) is 111 Å². The van der Waals surface area contributed by atoms with Crippen LogP contribution in [0.4, 0.5) is 0 Å². The number of hydrogen-bond acceptors (Lipinski definition) is 0.